The fourth-order valence-electron chi connectivity index (χ4n) is 2.27. The zero-order chi connectivity index (χ0) is 12.6. The SMILES string of the molecule is C/C(=C\C(=O)N1CC[C@](C)(C(=O)O)C1)C1CC1. The highest BCUT2D eigenvalue weighted by molar-refractivity contribution is 5.89. The molecule has 4 heteroatoms. The zero-order valence-electron chi connectivity index (χ0n) is 10.4. The number of amides is 1. The van der Waals surface area contributed by atoms with E-state index >= 15 is 0 Å². The fraction of sp³-hybridized carbons (Fsp3) is 0.692. The van der Waals surface area contributed by atoms with Crippen molar-refractivity contribution in [3.63, 3.8) is 0 Å². The second kappa shape index (κ2) is 4.17. The van der Waals surface area contributed by atoms with Gasteiger partial charge in [-0.25, -0.2) is 0 Å². The molecule has 0 spiro atoms. The van der Waals surface area contributed by atoms with Crippen LogP contribution in [-0.4, -0.2) is 35.0 Å². The summed E-state index contributed by atoms with van der Waals surface area (Å²) in [5.74, 6) is -0.248. The monoisotopic (exact) mass is 237 g/mol. The summed E-state index contributed by atoms with van der Waals surface area (Å²) in [4.78, 5) is 24.7. The Labute approximate surface area is 101 Å². The molecule has 2 rings (SSSR count). The van der Waals surface area contributed by atoms with E-state index in [9.17, 15) is 9.59 Å². The van der Waals surface area contributed by atoms with E-state index in [2.05, 4.69) is 0 Å². The minimum Gasteiger partial charge on any atom is -0.481 e. The molecule has 1 amide bonds. The van der Waals surface area contributed by atoms with Crippen molar-refractivity contribution in [1.29, 1.82) is 0 Å². The Morgan fingerprint density at radius 2 is 2.06 bits per heavy atom. The number of allylic oxidation sites excluding steroid dienone is 1. The molecule has 1 saturated heterocycles. The van der Waals surface area contributed by atoms with Crippen molar-refractivity contribution < 1.29 is 14.7 Å². The van der Waals surface area contributed by atoms with Gasteiger partial charge in [-0.05, 0) is 39.0 Å². The highest BCUT2D eigenvalue weighted by Gasteiger charge is 2.41. The number of rotatable bonds is 3. The van der Waals surface area contributed by atoms with Gasteiger partial charge in [-0.2, -0.15) is 0 Å². The van der Waals surface area contributed by atoms with E-state index in [1.54, 1.807) is 17.9 Å². The fourth-order valence-corrected chi connectivity index (χ4v) is 2.27. The molecule has 94 valence electrons. The average molecular weight is 237 g/mol. The van der Waals surface area contributed by atoms with Gasteiger partial charge in [0.1, 0.15) is 0 Å². The maximum Gasteiger partial charge on any atom is 0.311 e. The maximum atomic E-state index is 12.0. The van der Waals surface area contributed by atoms with Crippen LogP contribution in [0.5, 0.6) is 0 Å². The molecule has 1 heterocycles. The minimum atomic E-state index is -0.810. The smallest absolute Gasteiger partial charge is 0.311 e. The average Bonchev–Trinajstić information content (AvgIpc) is 3.02. The molecule has 1 aliphatic carbocycles. The molecule has 2 fully saturated rings. The van der Waals surface area contributed by atoms with Gasteiger partial charge in [-0.3, -0.25) is 9.59 Å². The summed E-state index contributed by atoms with van der Waals surface area (Å²) in [6.45, 7) is 4.58. The van der Waals surface area contributed by atoms with Crippen molar-refractivity contribution in [2.45, 2.75) is 33.1 Å². The van der Waals surface area contributed by atoms with Gasteiger partial charge in [0.15, 0.2) is 0 Å². The predicted molar refractivity (Wildman–Crippen MR) is 63.4 cm³/mol. The number of hydrogen-bond acceptors (Lipinski definition) is 2. The molecular formula is C13H19NO3. The summed E-state index contributed by atoms with van der Waals surface area (Å²) < 4.78 is 0. The van der Waals surface area contributed by atoms with Crippen LogP contribution in [0, 0.1) is 11.3 Å². The Balaban J connectivity index is 1.98. The van der Waals surface area contributed by atoms with E-state index in [0.717, 1.165) is 5.57 Å². The van der Waals surface area contributed by atoms with Gasteiger partial charge in [-0.1, -0.05) is 5.57 Å². The summed E-state index contributed by atoms with van der Waals surface area (Å²) in [6.07, 6.45) is 4.60. The Bertz CT molecular complexity index is 384. The van der Waals surface area contributed by atoms with Crippen LogP contribution in [-0.2, 0) is 9.59 Å². The molecule has 0 unspecified atom stereocenters. The summed E-state index contributed by atoms with van der Waals surface area (Å²) >= 11 is 0. The van der Waals surface area contributed by atoms with Crippen LogP contribution in [0.3, 0.4) is 0 Å². The predicted octanol–water partition coefficient (Wildman–Crippen LogP) is 1.67. The lowest BCUT2D eigenvalue weighted by atomic mass is 9.90. The number of carboxylic acids is 1. The van der Waals surface area contributed by atoms with E-state index in [0.29, 0.717) is 25.4 Å². The second-order valence-electron chi connectivity index (χ2n) is 5.54. The van der Waals surface area contributed by atoms with Gasteiger partial charge in [0, 0.05) is 19.2 Å². The zero-order valence-corrected chi connectivity index (χ0v) is 10.4. The van der Waals surface area contributed by atoms with Crippen molar-refractivity contribution >= 4 is 11.9 Å². The van der Waals surface area contributed by atoms with Gasteiger partial charge in [0.25, 0.3) is 0 Å². The number of aliphatic carboxylic acids is 1. The number of carbonyl (C=O) groups is 2. The number of carboxylic acid groups (broad SMARTS) is 1. The summed E-state index contributed by atoms with van der Waals surface area (Å²) in [7, 11) is 0. The van der Waals surface area contributed by atoms with Crippen LogP contribution in [0.25, 0.3) is 0 Å². The van der Waals surface area contributed by atoms with E-state index in [-0.39, 0.29) is 5.91 Å². The largest absolute Gasteiger partial charge is 0.481 e. The van der Waals surface area contributed by atoms with Crippen LogP contribution >= 0.6 is 0 Å². The minimum absolute atomic E-state index is 0.0284. The van der Waals surface area contributed by atoms with Crippen LogP contribution in [0.4, 0.5) is 0 Å². The molecule has 0 radical (unpaired) electrons. The molecule has 0 bridgehead atoms. The highest BCUT2D eigenvalue weighted by Crippen LogP contribution is 2.36. The third-order valence-corrected chi connectivity index (χ3v) is 3.87. The van der Waals surface area contributed by atoms with Crippen LogP contribution < -0.4 is 0 Å². The van der Waals surface area contributed by atoms with Crippen molar-refractivity contribution in [3.05, 3.63) is 11.6 Å². The third kappa shape index (κ3) is 2.51. The molecular weight excluding hydrogens is 218 g/mol. The lowest BCUT2D eigenvalue weighted by molar-refractivity contribution is -0.147. The first kappa shape index (κ1) is 12.1. The Morgan fingerprint density at radius 3 is 2.53 bits per heavy atom. The van der Waals surface area contributed by atoms with Gasteiger partial charge in [0.05, 0.1) is 5.41 Å². The molecule has 1 saturated carbocycles. The van der Waals surface area contributed by atoms with Gasteiger partial charge in [-0.15, -0.1) is 0 Å². The van der Waals surface area contributed by atoms with E-state index in [1.807, 2.05) is 6.92 Å². The number of hydrogen-bond donors (Lipinski definition) is 1. The Kier molecular flexibility index (Phi) is 2.98. The standard InChI is InChI=1S/C13H19NO3/c1-9(10-3-4-10)7-11(15)14-6-5-13(2,8-14)12(16)17/h7,10H,3-6,8H2,1-2H3,(H,16,17)/b9-7+/t13-/m0/s1. The maximum absolute atomic E-state index is 12.0. The summed E-state index contributed by atoms with van der Waals surface area (Å²) in [5.41, 5.74) is 0.371. The van der Waals surface area contributed by atoms with Crippen molar-refractivity contribution in [2.75, 3.05) is 13.1 Å². The molecule has 1 aliphatic heterocycles. The number of nitrogens with zero attached hydrogens (tertiary/aromatic N) is 1. The van der Waals surface area contributed by atoms with Crippen molar-refractivity contribution in [2.24, 2.45) is 11.3 Å². The van der Waals surface area contributed by atoms with Crippen LogP contribution in [0.1, 0.15) is 33.1 Å². The quantitative estimate of drug-likeness (QED) is 0.759. The van der Waals surface area contributed by atoms with Crippen molar-refractivity contribution in [1.82, 2.24) is 4.90 Å². The summed E-state index contributed by atoms with van der Waals surface area (Å²) in [6, 6.07) is 0. The summed E-state index contributed by atoms with van der Waals surface area (Å²) in [5, 5.41) is 9.10. The first-order valence-electron chi connectivity index (χ1n) is 6.13. The molecule has 1 N–H and O–H groups in total. The van der Waals surface area contributed by atoms with Gasteiger partial charge >= 0.3 is 5.97 Å². The van der Waals surface area contributed by atoms with E-state index in [4.69, 9.17) is 5.11 Å². The Morgan fingerprint density at radius 1 is 1.41 bits per heavy atom. The normalized spacial score (nSPS) is 29.5. The Hall–Kier alpha value is -1.32. The molecule has 0 aromatic carbocycles. The lowest BCUT2D eigenvalue weighted by Crippen LogP contribution is -2.34. The van der Waals surface area contributed by atoms with Crippen LogP contribution in [0.2, 0.25) is 0 Å². The highest BCUT2D eigenvalue weighted by atomic mass is 16.4. The molecule has 17 heavy (non-hydrogen) atoms. The van der Waals surface area contributed by atoms with E-state index < -0.39 is 11.4 Å². The third-order valence-electron chi connectivity index (χ3n) is 3.87. The molecule has 2 aliphatic rings. The molecule has 0 aromatic heterocycles. The van der Waals surface area contributed by atoms with Gasteiger partial charge < -0.3 is 10.0 Å². The molecule has 0 aromatic rings. The first-order chi connectivity index (χ1) is 7.92. The molecule has 4 nitrogen and oxygen atoms in total. The molecule has 1 atom stereocenters. The van der Waals surface area contributed by atoms with Crippen molar-refractivity contribution in [3.8, 4) is 0 Å². The topological polar surface area (TPSA) is 57.6 Å². The van der Waals surface area contributed by atoms with Crippen LogP contribution in [0.15, 0.2) is 11.6 Å². The second-order valence-corrected chi connectivity index (χ2v) is 5.54. The number of likely N-dealkylation sites (tertiary alicyclic amines) is 1. The van der Waals surface area contributed by atoms with E-state index in [1.165, 1.54) is 12.8 Å². The van der Waals surface area contributed by atoms with Gasteiger partial charge in [0.2, 0.25) is 5.91 Å². The lowest BCUT2D eigenvalue weighted by Gasteiger charge is -2.19. The number of carbonyl (C=O) groups excluding carboxylic acids is 1. The first-order valence-corrected chi connectivity index (χ1v) is 6.13.